The highest BCUT2D eigenvalue weighted by molar-refractivity contribution is 5.86. The van der Waals surface area contributed by atoms with Gasteiger partial charge in [-0.15, -0.1) is 0 Å². The molecule has 1 heterocycles. The fraction of sp³-hybridized carbons (Fsp3) is 0.579. The molecule has 1 saturated heterocycles. The number of benzene rings is 1. The predicted octanol–water partition coefficient (Wildman–Crippen LogP) is 2.61. The third-order valence-electron chi connectivity index (χ3n) is 4.23. The van der Waals surface area contributed by atoms with Crippen LogP contribution in [-0.2, 0) is 11.3 Å². The first kappa shape index (κ1) is 21.8. The number of likely N-dealkylation sites (tertiary alicyclic amines) is 1. The van der Waals surface area contributed by atoms with E-state index < -0.39 is 12.8 Å². The number of hydrogen-bond acceptors (Lipinski definition) is 3. The van der Waals surface area contributed by atoms with Crippen LogP contribution in [0.15, 0.2) is 23.2 Å². The molecule has 0 aromatic heterocycles. The number of carbonyl (C=O) groups excluding carboxylic acids is 1. The van der Waals surface area contributed by atoms with Crippen LogP contribution in [0.2, 0.25) is 0 Å². The van der Waals surface area contributed by atoms with Gasteiger partial charge in [0, 0.05) is 25.2 Å². The molecule has 6 nitrogen and oxygen atoms in total. The molecule has 9 heteroatoms. The molecule has 28 heavy (non-hydrogen) atoms. The lowest BCUT2D eigenvalue weighted by Gasteiger charge is -2.17. The summed E-state index contributed by atoms with van der Waals surface area (Å²) in [6.45, 7) is 4.71. The molecule has 0 spiro atoms. The van der Waals surface area contributed by atoms with Crippen LogP contribution in [0, 0.1) is 6.92 Å². The van der Waals surface area contributed by atoms with Gasteiger partial charge in [-0.25, -0.2) is 4.99 Å². The largest absolute Gasteiger partial charge is 0.484 e. The number of nitrogens with zero attached hydrogens (tertiary/aromatic N) is 2. The van der Waals surface area contributed by atoms with Crippen molar-refractivity contribution >= 4 is 11.9 Å². The minimum atomic E-state index is -4.41. The standard InChI is InChI=1S/C19H27F3N4O2/c1-3-23-18(25-12-17(27)26-8-4-5-9-26)24-11-15-7-6-14(2)10-16(15)28-13-19(20,21)22/h6-7,10H,3-5,8-9,11-13H2,1-2H3,(H2,23,24,25). The highest BCUT2D eigenvalue weighted by Gasteiger charge is 2.28. The van der Waals surface area contributed by atoms with Crippen molar-refractivity contribution in [3.8, 4) is 5.75 Å². The fourth-order valence-corrected chi connectivity index (χ4v) is 2.83. The fourth-order valence-electron chi connectivity index (χ4n) is 2.83. The number of aryl methyl sites for hydroxylation is 1. The van der Waals surface area contributed by atoms with Gasteiger partial charge >= 0.3 is 6.18 Å². The molecule has 1 fully saturated rings. The number of halogens is 3. The van der Waals surface area contributed by atoms with E-state index in [1.165, 1.54) is 0 Å². The molecular formula is C19H27F3N4O2. The quantitative estimate of drug-likeness (QED) is 0.546. The molecule has 2 N–H and O–H groups in total. The van der Waals surface area contributed by atoms with Crippen LogP contribution in [0.3, 0.4) is 0 Å². The second-order valence-corrected chi connectivity index (χ2v) is 6.65. The van der Waals surface area contributed by atoms with Crippen LogP contribution in [0.25, 0.3) is 0 Å². The van der Waals surface area contributed by atoms with E-state index >= 15 is 0 Å². The van der Waals surface area contributed by atoms with E-state index in [4.69, 9.17) is 4.74 Å². The second-order valence-electron chi connectivity index (χ2n) is 6.65. The SMILES string of the molecule is CCNC(=NCc1ccc(C)cc1OCC(F)(F)F)NCC(=O)N1CCCC1. The summed E-state index contributed by atoms with van der Waals surface area (Å²) in [6, 6.07) is 5.06. The first-order valence-electron chi connectivity index (χ1n) is 9.37. The van der Waals surface area contributed by atoms with Gasteiger partial charge in [0.15, 0.2) is 12.6 Å². The van der Waals surface area contributed by atoms with Gasteiger partial charge in [0.25, 0.3) is 0 Å². The molecule has 0 aliphatic carbocycles. The van der Waals surface area contributed by atoms with Gasteiger partial charge in [-0.05, 0) is 38.3 Å². The number of ether oxygens (including phenoxy) is 1. The molecule has 0 saturated carbocycles. The zero-order valence-corrected chi connectivity index (χ0v) is 16.2. The van der Waals surface area contributed by atoms with Crippen LogP contribution in [-0.4, -0.2) is 55.7 Å². The van der Waals surface area contributed by atoms with E-state index in [0.29, 0.717) is 18.1 Å². The Kier molecular flexibility index (Phi) is 7.95. The van der Waals surface area contributed by atoms with E-state index in [1.807, 2.05) is 6.92 Å². The lowest BCUT2D eigenvalue weighted by atomic mass is 10.1. The van der Waals surface area contributed by atoms with Gasteiger partial charge in [0.05, 0.1) is 13.1 Å². The monoisotopic (exact) mass is 400 g/mol. The molecule has 0 unspecified atom stereocenters. The molecule has 156 valence electrons. The van der Waals surface area contributed by atoms with Crippen molar-refractivity contribution in [3.05, 3.63) is 29.3 Å². The first-order valence-corrected chi connectivity index (χ1v) is 9.37. The number of alkyl halides is 3. The molecule has 1 amide bonds. The second kappa shape index (κ2) is 10.2. The van der Waals surface area contributed by atoms with Crippen molar-refractivity contribution in [2.75, 3.05) is 32.8 Å². The van der Waals surface area contributed by atoms with Crippen LogP contribution >= 0.6 is 0 Å². The molecule has 1 aliphatic heterocycles. The summed E-state index contributed by atoms with van der Waals surface area (Å²) in [5, 5.41) is 6.01. The van der Waals surface area contributed by atoms with E-state index in [0.717, 1.165) is 31.5 Å². The van der Waals surface area contributed by atoms with Crippen LogP contribution in [0.5, 0.6) is 5.75 Å². The minimum Gasteiger partial charge on any atom is -0.484 e. The number of nitrogens with one attached hydrogen (secondary N) is 2. The summed E-state index contributed by atoms with van der Waals surface area (Å²) in [4.78, 5) is 18.3. The maximum absolute atomic E-state index is 12.5. The van der Waals surface area contributed by atoms with Gasteiger partial charge in [-0.1, -0.05) is 12.1 Å². The maximum atomic E-state index is 12.5. The summed E-state index contributed by atoms with van der Waals surface area (Å²) in [5.41, 5.74) is 1.34. The minimum absolute atomic E-state index is 0.00707. The highest BCUT2D eigenvalue weighted by Crippen LogP contribution is 2.24. The van der Waals surface area contributed by atoms with E-state index in [2.05, 4.69) is 15.6 Å². The first-order chi connectivity index (χ1) is 13.3. The van der Waals surface area contributed by atoms with Gasteiger partial charge in [-0.3, -0.25) is 4.79 Å². The predicted molar refractivity (Wildman–Crippen MR) is 101 cm³/mol. The third kappa shape index (κ3) is 7.28. The van der Waals surface area contributed by atoms with Crippen LogP contribution in [0.1, 0.15) is 30.9 Å². The summed E-state index contributed by atoms with van der Waals surface area (Å²) < 4.78 is 42.4. The van der Waals surface area contributed by atoms with E-state index in [1.54, 1.807) is 30.0 Å². The van der Waals surface area contributed by atoms with Crippen molar-refractivity contribution in [2.45, 2.75) is 39.4 Å². The molecule has 1 aromatic carbocycles. The molecule has 0 bridgehead atoms. The van der Waals surface area contributed by atoms with E-state index in [9.17, 15) is 18.0 Å². The summed E-state index contributed by atoms with van der Waals surface area (Å²) in [6.07, 6.45) is -2.36. The van der Waals surface area contributed by atoms with Crippen LogP contribution < -0.4 is 15.4 Å². The van der Waals surface area contributed by atoms with Crippen molar-refractivity contribution in [1.82, 2.24) is 15.5 Å². The number of guanidine groups is 1. The Morgan fingerprint density at radius 1 is 1.25 bits per heavy atom. The van der Waals surface area contributed by atoms with Gasteiger partial charge in [0.2, 0.25) is 5.91 Å². The molecule has 0 atom stereocenters. The topological polar surface area (TPSA) is 66.0 Å². The maximum Gasteiger partial charge on any atom is 0.422 e. The molecule has 1 aromatic rings. The van der Waals surface area contributed by atoms with Gasteiger partial charge < -0.3 is 20.3 Å². The Morgan fingerprint density at radius 2 is 1.96 bits per heavy atom. The zero-order valence-electron chi connectivity index (χ0n) is 16.2. The average molecular weight is 400 g/mol. The van der Waals surface area contributed by atoms with Crippen molar-refractivity contribution in [1.29, 1.82) is 0 Å². The van der Waals surface area contributed by atoms with E-state index in [-0.39, 0.29) is 24.7 Å². The Morgan fingerprint density at radius 3 is 2.61 bits per heavy atom. The zero-order chi connectivity index (χ0) is 20.6. The average Bonchev–Trinajstić information content (AvgIpc) is 3.17. The van der Waals surface area contributed by atoms with Gasteiger partial charge in [0.1, 0.15) is 5.75 Å². The summed E-state index contributed by atoms with van der Waals surface area (Å²) in [5.74, 6) is 0.593. The number of aliphatic imine (C=N–C) groups is 1. The van der Waals surface area contributed by atoms with Gasteiger partial charge in [-0.2, -0.15) is 13.2 Å². The van der Waals surface area contributed by atoms with Crippen molar-refractivity contribution < 1.29 is 22.7 Å². The molecule has 0 radical (unpaired) electrons. The summed E-state index contributed by atoms with van der Waals surface area (Å²) >= 11 is 0. The highest BCUT2D eigenvalue weighted by atomic mass is 19.4. The molecule has 2 rings (SSSR count). The lowest BCUT2D eigenvalue weighted by Crippen LogP contribution is -2.44. The Labute approximate surface area is 163 Å². The van der Waals surface area contributed by atoms with Crippen LogP contribution in [0.4, 0.5) is 13.2 Å². The normalized spacial score (nSPS) is 14.9. The molecular weight excluding hydrogens is 373 g/mol. The number of carbonyl (C=O) groups is 1. The lowest BCUT2D eigenvalue weighted by molar-refractivity contribution is -0.153. The number of hydrogen-bond donors (Lipinski definition) is 2. The van der Waals surface area contributed by atoms with Crippen molar-refractivity contribution in [2.24, 2.45) is 4.99 Å². The summed E-state index contributed by atoms with van der Waals surface area (Å²) in [7, 11) is 0. The number of amides is 1. The Bertz CT molecular complexity index is 686. The van der Waals surface area contributed by atoms with Crippen molar-refractivity contribution in [3.63, 3.8) is 0 Å². The smallest absolute Gasteiger partial charge is 0.422 e. The molecule has 1 aliphatic rings. The third-order valence-corrected chi connectivity index (χ3v) is 4.23. The Balaban J connectivity index is 2.01. The Hall–Kier alpha value is -2.45. The number of rotatable bonds is 7.